The third kappa shape index (κ3) is 1.84. The molecule has 0 amide bonds. The van der Waals surface area contributed by atoms with Gasteiger partial charge in [-0.15, -0.1) is 11.3 Å². The van der Waals surface area contributed by atoms with Crippen LogP contribution in [0.3, 0.4) is 0 Å². The summed E-state index contributed by atoms with van der Waals surface area (Å²) in [7, 11) is 0.229. The van der Waals surface area contributed by atoms with Gasteiger partial charge in [-0.2, -0.15) is 0 Å². The van der Waals surface area contributed by atoms with Crippen molar-refractivity contribution in [1.29, 1.82) is 0 Å². The van der Waals surface area contributed by atoms with Crippen molar-refractivity contribution >= 4 is 58.8 Å². The third-order valence-electron chi connectivity index (χ3n) is 5.44. The summed E-state index contributed by atoms with van der Waals surface area (Å²) in [4.78, 5) is 0. The number of hydrogen-bond acceptors (Lipinski definition) is 1. The molecule has 0 N–H and O–H groups in total. The van der Waals surface area contributed by atoms with Crippen LogP contribution in [0.5, 0.6) is 0 Å². The van der Waals surface area contributed by atoms with Gasteiger partial charge in [0.15, 0.2) is 11.9 Å². The fourth-order valence-electron chi connectivity index (χ4n) is 4.57. The molecule has 0 saturated carbocycles. The molecular weight excluding hydrogens is 318 g/mol. The summed E-state index contributed by atoms with van der Waals surface area (Å²) < 4.78 is 5.33. The summed E-state index contributed by atoms with van der Waals surface area (Å²) >= 11 is 2.01. The van der Waals surface area contributed by atoms with Gasteiger partial charge in [0.2, 0.25) is 0 Å². The number of thiophene rings is 1. The fraction of sp³-hybridized carbons (Fsp3) is 0.389. The summed E-state index contributed by atoms with van der Waals surface area (Å²) in [6.07, 6.45) is 3.37. The number of pyridine rings is 1. The average molecular weight is 343 g/mol. The standard InChI is InChI=1S/C18H24NSSi2/c1-6-13-17-12(9-10-19(13)2)16-14(20-17)7-8-15-18(16)22(4,5)11-21(15)3/h7-10,21H,6,11H2,1-5H3/q+1. The second kappa shape index (κ2) is 4.76. The molecule has 1 atom stereocenters. The second-order valence-corrected chi connectivity index (χ2v) is 16.8. The Morgan fingerprint density at radius 1 is 1.27 bits per heavy atom. The molecule has 3 heterocycles. The molecule has 0 bridgehead atoms. The third-order valence-corrected chi connectivity index (χ3v) is 16.9. The minimum Gasteiger partial charge on any atom is -0.204 e. The van der Waals surface area contributed by atoms with Gasteiger partial charge in [0.1, 0.15) is 11.7 Å². The lowest BCUT2D eigenvalue weighted by Gasteiger charge is -2.18. The van der Waals surface area contributed by atoms with E-state index < -0.39 is 16.9 Å². The Labute approximate surface area is 139 Å². The predicted molar refractivity (Wildman–Crippen MR) is 104 cm³/mol. The van der Waals surface area contributed by atoms with Crippen LogP contribution < -0.4 is 14.9 Å². The van der Waals surface area contributed by atoms with Crippen molar-refractivity contribution in [2.75, 3.05) is 0 Å². The van der Waals surface area contributed by atoms with Crippen LogP contribution in [-0.2, 0) is 13.5 Å². The van der Waals surface area contributed by atoms with E-state index in [4.69, 9.17) is 0 Å². The van der Waals surface area contributed by atoms with Crippen molar-refractivity contribution in [2.24, 2.45) is 7.05 Å². The molecule has 0 fully saturated rings. The molecule has 3 aromatic rings. The smallest absolute Gasteiger partial charge is 0.198 e. The molecule has 4 heteroatoms. The molecule has 0 aliphatic carbocycles. The van der Waals surface area contributed by atoms with E-state index in [-0.39, 0.29) is 0 Å². The quantitative estimate of drug-likeness (QED) is 0.473. The highest BCUT2D eigenvalue weighted by molar-refractivity contribution is 7.26. The van der Waals surface area contributed by atoms with Gasteiger partial charge in [-0.25, -0.2) is 4.57 Å². The summed E-state index contributed by atoms with van der Waals surface area (Å²) in [5, 5.41) is 6.73. The van der Waals surface area contributed by atoms with Crippen LogP contribution >= 0.6 is 11.3 Å². The Balaban J connectivity index is 2.21. The van der Waals surface area contributed by atoms with E-state index in [1.807, 2.05) is 16.5 Å². The Morgan fingerprint density at radius 3 is 2.77 bits per heavy atom. The van der Waals surface area contributed by atoms with Crippen LogP contribution in [-0.4, -0.2) is 16.9 Å². The molecule has 2 aromatic heterocycles. The Bertz CT molecular complexity index is 910. The van der Waals surface area contributed by atoms with E-state index in [0.717, 1.165) is 6.42 Å². The first-order valence-electron chi connectivity index (χ1n) is 8.31. The number of nitrogens with zero attached hydrogens (tertiary/aromatic N) is 1. The van der Waals surface area contributed by atoms with E-state index in [0.29, 0.717) is 0 Å². The Hall–Kier alpha value is -0.976. The topological polar surface area (TPSA) is 3.88 Å². The maximum absolute atomic E-state index is 2.59. The zero-order valence-corrected chi connectivity index (χ0v) is 17.1. The van der Waals surface area contributed by atoms with Crippen LogP contribution in [0.2, 0.25) is 25.3 Å². The number of aromatic nitrogens is 1. The van der Waals surface area contributed by atoms with Crippen LogP contribution in [0.15, 0.2) is 24.4 Å². The van der Waals surface area contributed by atoms with Crippen molar-refractivity contribution in [1.82, 2.24) is 0 Å². The highest BCUT2D eigenvalue weighted by Crippen LogP contribution is 2.36. The molecule has 1 nitrogen and oxygen atoms in total. The summed E-state index contributed by atoms with van der Waals surface area (Å²) in [6.45, 7) is 10.0. The van der Waals surface area contributed by atoms with Gasteiger partial charge >= 0.3 is 0 Å². The summed E-state index contributed by atoms with van der Waals surface area (Å²) in [6, 6.07) is 7.26. The van der Waals surface area contributed by atoms with Crippen molar-refractivity contribution < 1.29 is 4.57 Å². The molecule has 0 radical (unpaired) electrons. The number of rotatable bonds is 1. The molecule has 22 heavy (non-hydrogen) atoms. The Morgan fingerprint density at radius 2 is 2.05 bits per heavy atom. The Kier molecular flexibility index (Phi) is 3.16. The molecular formula is C18H24NSSi2+. The van der Waals surface area contributed by atoms with Gasteiger partial charge in [-0.1, -0.05) is 48.7 Å². The van der Waals surface area contributed by atoms with Gasteiger partial charge in [-0.05, 0) is 11.5 Å². The minimum atomic E-state index is -1.25. The zero-order chi connectivity index (χ0) is 15.6. The number of benzene rings is 1. The van der Waals surface area contributed by atoms with Gasteiger partial charge in [0.25, 0.3) is 0 Å². The van der Waals surface area contributed by atoms with Crippen molar-refractivity contribution in [3.63, 3.8) is 0 Å². The van der Waals surface area contributed by atoms with E-state index in [1.54, 1.807) is 16.2 Å². The van der Waals surface area contributed by atoms with Gasteiger partial charge in [-0.3, -0.25) is 0 Å². The number of hydrogen-bond donors (Lipinski definition) is 0. The second-order valence-electron chi connectivity index (χ2n) is 7.46. The minimum absolute atomic E-state index is 0.703. The highest BCUT2D eigenvalue weighted by Gasteiger charge is 2.39. The molecule has 0 spiro atoms. The normalized spacial score (nSPS) is 20.0. The van der Waals surface area contributed by atoms with Crippen LogP contribution in [0.25, 0.3) is 20.2 Å². The zero-order valence-electron chi connectivity index (χ0n) is 14.2. The first-order chi connectivity index (χ1) is 10.4. The first-order valence-corrected chi connectivity index (χ1v) is 14.9. The van der Waals surface area contributed by atoms with Gasteiger partial charge < -0.3 is 0 Å². The van der Waals surface area contributed by atoms with E-state index in [2.05, 4.69) is 62.6 Å². The SMILES string of the molecule is CCc1c2sc3ccc4c(c3c2cc[n+]1C)[Si](C)(C)C[SiH]4C. The van der Waals surface area contributed by atoms with E-state index >= 15 is 0 Å². The molecule has 4 rings (SSSR count). The van der Waals surface area contributed by atoms with Crippen LogP contribution in [0.4, 0.5) is 0 Å². The summed E-state index contributed by atoms with van der Waals surface area (Å²) in [5.41, 5.74) is 3.02. The largest absolute Gasteiger partial charge is 0.204 e. The molecule has 1 aliphatic heterocycles. The maximum Gasteiger partial charge on any atom is 0.198 e. The van der Waals surface area contributed by atoms with Gasteiger partial charge in [0.05, 0.1) is 16.9 Å². The van der Waals surface area contributed by atoms with Crippen molar-refractivity contribution in [3.8, 4) is 0 Å². The average Bonchev–Trinajstić information content (AvgIpc) is 2.93. The van der Waals surface area contributed by atoms with Crippen molar-refractivity contribution in [3.05, 3.63) is 30.1 Å². The lowest BCUT2D eigenvalue weighted by Crippen LogP contribution is -2.42. The van der Waals surface area contributed by atoms with E-state index in [9.17, 15) is 0 Å². The fourth-order valence-corrected chi connectivity index (χ4v) is 18.6. The molecule has 0 saturated heterocycles. The monoisotopic (exact) mass is 342 g/mol. The van der Waals surface area contributed by atoms with Crippen molar-refractivity contribution in [2.45, 2.75) is 38.7 Å². The molecule has 114 valence electrons. The first kappa shape index (κ1) is 14.6. The van der Waals surface area contributed by atoms with Gasteiger partial charge in [0, 0.05) is 22.6 Å². The van der Waals surface area contributed by atoms with Crippen LogP contribution in [0, 0.1) is 0 Å². The summed E-state index contributed by atoms with van der Waals surface area (Å²) in [5.74, 6) is 0. The number of fused-ring (bicyclic) bond motifs is 5. The lowest BCUT2D eigenvalue weighted by atomic mass is 10.1. The molecule has 1 aromatic carbocycles. The van der Waals surface area contributed by atoms with Crippen LogP contribution in [0.1, 0.15) is 12.6 Å². The highest BCUT2D eigenvalue weighted by atomic mass is 32.1. The molecule has 1 aliphatic rings. The maximum atomic E-state index is 2.59. The predicted octanol–water partition coefficient (Wildman–Crippen LogP) is 2.97. The van der Waals surface area contributed by atoms with E-state index in [1.165, 1.54) is 20.5 Å². The number of aryl methyl sites for hydroxylation is 2. The lowest BCUT2D eigenvalue weighted by molar-refractivity contribution is -0.677. The molecule has 1 unspecified atom stereocenters.